The fraction of sp³-hybridized carbons (Fsp3) is 0.633. The Morgan fingerprint density at radius 1 is 1.13 bits per heavy atom. The summed E-state index contributed by atoms with van der Waals surface area (Å²) in [5, 5.41) is 21.7. The molecule has 8 heteroatoms. The molecule has 1 aliphatic heterocycles. The number of carboxylic acids is 1. The smallest absolute Gasteiger partial charge is 0.309 e. The number of allylic oxidation sites excluding steroid dienone is 2. The molecule has 1 aromatic rings. The minimum atomic E-state index is -0.792. The normalized spacial score (nSPS) is 41.4. The highest BCUT2D eigenvalue weighted by atomic mass is 16.6. The molecule has 2 bridgehead atoms. The van der Waals surface area contributed by atoms with E-state index in [2.05, 4.69) is 26.8 Å². The number of non-ortho nitro benzene ring substituents is 1. The van der Waals surface area contributed by atoms with E-state index in [1.165, 1.54) is 28.7 Å². The second-order valence-corrected chi connectivity index (χ2v) is 13.3. The van der Waals surface area contributed by atoms with Crippen LogP contribution in [0.5, 0.6) is 0 Å². The Bertz CT molecular complexity index is 1300. The van der Waals surface area contributed by atoms with Gasteiger partial charge in [-0.05, 0) is 74.2 Å². The topological polar surface area (TPSA) is 118 Å². The van der Waals surface area contributed by atoms with Gasteiger partial charge in [-0.3, -0.25) is 24.5 Å². The fourth-order valence-corrected chi connectivity index (χ4v) is 9.96. The standard InChI is InChI=1S/C30H36N2O6/c1-16(2)20-15-30-12-9-21-28(3,10-6-11-29(21,4)27(35)36)22(30)14-19(20)23-24(30)26(34)31(25(23)33)17-7-5-8-18(13-17)32(37)38/h5,7-8,13,15-16,19,21-24H,6,9-12,14H2,1-4H3,(H,35,36)/t19?,21?,22?,23-,24+,28+,29-,30?/m1/s1. The lowest BCUT2D eigenvalue weighted by atomic mass is 9.34. The van der Waals surface area contributed by atoms with Crippen LogP contribution in [0.3, 0.4) is 0 Å². The summed E-state index contributed by atoms with van der Waals surface area (Å²) in [7, 11) is 0. The number of aliphatic carboxylic acids is 1. The molecule has 4 fully saturated rings. The van der Waals surface area contributed by atoms with Crippen molar-refractivity contribution in [3.8, 4) is 0 Å². The van der Waals surface area contributed by atoms with Crippen LogP contribution in [0.4, 0.5) is 11.4 Å². The number of carboxylic acid groups (broad SMARTS) is 1. The van der Waals surface area contributed by atoms with E-state index in [1.54, 1.807) is 6.07 Å². The summed E-state index contributed by atoms with van der Waals surface area (Å²) in [6.45, 7) is 8.44. The van der Waals surface area contributed by atoms with E-state index >= 15 is 0 Å². The maximum atomic E-state index is 14.3. The van der Waals surface area contributed by atoms with Crippen molar-refractivity contribution in [3.05, 3.63) is 46.0 Å². The first kappa shape index (κ1) is 25.3. The van der Waals surface area contributed by atoms with E-state index in [0.29, 0.717) is 19.3 Å². The zero-order valence-electron chi connectivity index (χ0n) is 22.5. The summed E-state index contributed by atoms with van der Waals surface area (Å²) < 4.78 is 0. The van der Waals surface area contributed by atoms with Crippen LogP contribution in [0.2, 0.25) is 0 Å². The largest absolute Gasteiger partial charge is 0.481 e. The van der Waals surface area contributed by atoms with Crippen molar-refractivity contribution in [1.82, 2.24) is 0 Å². The number of imide groups is 1. The number of nitrogens with zero attached hydrogens (tertiary/aromatic N) is 2. The number of anilines is 1. The molecule has 8 atom stereocenters. The average molecular weight is 521 g/mol. The fourth-order valence-electron chi connectivity index (χ4n) is 9.96. The molecule has 202 valence electrons. The lowest BCUT2D eigenvalue weighted by Gasteiger charge is -2.68. The van der Waals surface area contributed by atoms with Crippen molar-refractivity contribution in [1.29, 1.82) is 0 Å². The van der Waals surface area contributed by atoms with E-state index in [9.17, 15) is 29.6 Å². The number of carbonyl (C=O) groups excluding carboxylic acids is 2. The summed E-state index contributed by atoms with van der Waals surface area (Å²) in [4.78, 5) is 53.0. The summed E-state index contributed by atoms with van der Waals surface area (Å²) >= 11 is 0. The number of fused-ring (bicyclic) bond motifs is 1. The van der Waals surface area contributed by atoms with Gasteiger partial charge in [0, 0.05) is 17.5 Å². The first-order valence-corrected chi connectivity index (χ1v) is 13.9. The maximum absolute atomic E-state index is 14.3. The minimum Gasteiger partial charge on any atom is -0.481 e. The van der Waals surface area contributed by atoms with Gasteiger partial charge in [-0.2, -0.15) is 0 Å². The molecule has 1 spiro atoms. The number of nitro benzene ring substituents is 1. The molecule has 1 aromatic carbocycles. The Kier molecular flexibility index (Phi) is 5.31. The second-order valence-electron chi connectivity index (χ2n) is 13.3. The van der Waals surface area contributed by atoms with Gasteiger partial charge in [-0.25, -0.2) is 4.90 Å². The van der Waals surface area contributed by atoms with Gasteiger partial charge in [-0.15, -0.1) is 0 Å². The summed E-state index contributed by atoms with van der Waals surface area (Å²) in [6, 6.07) is 5.80. The number of hydrogen-bond donors (Lipinski definition) is 1. The molecular weight excluding hydrogens is 484 g/mol. The van der Waals surface area contributed by atoms with E-state index < -0.39 is 33.6 Å². The highest BCUT2D eigenvalue weighted by molar-refractivity contribution is 6.23. The van der Waals surface area contributed by atoms with Crippen LogP contribution in [-0.4, -0.2) is 27.8 Å². The number of amides is 2. The number of benzene rings is 1. The zero-order chi connectivity index (χ0) is 27.4. The van der Waals surface area contributed by atoms with E-state index in [0.717, 1.165) is 19.3 Å². The number of nitro groups is 1. The third-order valence-corrected chi connectivity index (χ3v) is 11.5. The molecule has 4 unspecified atom stereocenters. The van der Waals surface area contributed by atoms with Gasteiger partial charge < -0.3 is 5.11 Å². The molecule has 1 heterocycles. The molecule has 2 amide bonds. The highest BCUT2D eigenvalue weighted by Gasteiger charge is 2.73. The minimum absolute atomic E-state index is 0.0191. The van der Waals surface area contributed by atoms with Crippen molar-refractivity contribution in [3.63, 3.8) is 0 Å². The lowest BCUT2D eigenvalue weighted by molar-refractivity contribution is -0.384. The molecule has 1 N–H and O–H groups in total. The van der Waals surface area contributed by atoms with Crippen molar-refractivity contribution in [2.45, 2.75) is 66.2 Å². The number of carbonyl (C=O) groups is 3. The predicted molar refractivity (Wildman–Crippen MR) is 140 cm³/mol. The molecule has 0 aromatic heterocycles. The first-order chi connectivity index (χ1) is 17.9. The van der Waals surface area contributed by atoms with E-state index in [4.69, 9.17) is 0 Å². The summed E-state index contributed by atoms with van der Waals surface area (Å²) in [6.07, 6.45) is 6.97. The lowest BCUT2D eigenvalue weighted by Crippen LogP contribution is -2.65. The average Bonchev–Trinajstić information content (AvgIpc) is 3.15. The van der Waals surface area contributed by atoms with Crippen LogP contribution in [0.1, 0.15) is 66.2 Å². The highest BCUT2D eigenvalue weighted by Crippen LogP contribution is 2.74. The van der Waals surface area contributed by atoms with Gasteiger partial charge >= 0.3 is 5.97 Å². The predicted octanol–water partition coefficient (Wildman–Crippen LogP) is 5.61. The quantitative estimate of drug-likeness (QED) is 0.239. The maximum Gasteiger partial charge on any atom is 0.309 e. The van der Waals surface area contributed by atoms with Crippen LogP contribution in [0.25, 0.3) is 0 Å². The van der Waals surface area contributed by atoms with E-state index in [-0.39, 0.29) is 52.3 Å². The molecule has 8 nitrogen and oxygen atoms in total. The van der Waals surface area contributed by atoms with Crippen LogP contribution < -0.4 is 4.90 Å². The monoisotopic (exact) mass is 520 g/mol. The summed E-state index contributed by atoms with van der Waals surface area (Å²) in [5.41, 5.74) is -0.195. The SMILES string of the molecule is CC(C)C1=CC23CCC4[C@](C)(CCC[C@@]4(C)C(=O)O)C2CC1[C@H]1C(=O)N(c2cccc([N+](=O)[O-])c2)C(=O)[C@H]13. The van der Waals surface area contributed by atoms with E-state index in [1.807, 2.05) is 6.92 Å². The molecule has 5 aliphatic carbocycles. The second kappa shape index (κ2) is 7.99. The van der Waals surface area contributed by atoms with Crippen molar-refractivity contribution >= 4 is 29.2 Å². The third-order valence-electron chi connectivity index (χ3n) is 11.5. The Hall–Kier alpha value is -3.03. The third kappa shape index (κ3) is 3.00. The summed E-state index contributed by atoms with van der Waals surface area (Å²) in [5.74, 6) is -1.95. The Balaban J connectivity index is 1.48. The van der Waals surface area contributed by atoms with Crippen LogP contribution in [-0.2, 0) is 14.4 Å². The Morgan fingerprint density at radius 2 is 1.87 bits per heavy atom. The molecule has 0 radical (unpaired) electrons. The van der Waals surface area contributed by atoms with Gasteiger partial charge in [0.15, 0.2) is 0 Å². The molecule has 38 heavy (non-hydrogen) atoms. The zero-order valence-corrected chi connectivity index (χ0v) is 22.5. The van der Waals surface area contributed by atoms with Crippen molar-refractivity contribution < 1.29 is 24.4 Å². The molecule has 6 aliphatic rings. The Labute approximate surface area is 222 Å². The molecule has 3 saturated carbocycles. The van der Waals surface area contributed by atoms with Gasteiger partial charge in [0.25, 0.3) is 5.69 Å². The van der Waals surface area contributed by atoms with Crippen LogP contribution in [0.15, 0.2) is 35.9 Å². The van der Waals surface area contributed by atoms with Gasteiger partial charge in [0.2, 0.25) is 11.8 Å². The van der Waals surface area contributed by atoms with Gasteiger partial charge in [0.05, 0.1) is 27.9 Å². The first-order valence-electron chi connectivity index (χ1n) is 13.9. The number of rotatable bonds is 4. The molecular formula is C30H36N2O6. The van der Waals surface area contributed by atoms with Crippen molar-refractivity contribution in [2.24, 2.45) is 51.8 Å². The molecule has 1 saturated heterocycles. The molecule has 7 rings (SSSR count). The van der Waals surface area contributed by atoms with Crippen LogP contribution >= 0.6 is 0 Å². The Morgan fingerprint density at radius 3 is 2.53 bits per heavy atom. The van der Waals surface area contributed by atoms with Gasteiger partial charge in [0.1, 0.15) is 0 Å². The van der Waals surface area contributed by atoms with Crippen molar-refractivity contribution in [2.75, 3.05) is 4.90 Å². The van der Waals surface area contributed by atoms with Crippen LogP contribution in [0, 0.1) is 61.9 Å². The number of hydrogen-bond acceptors (Lipinski definition) is 5. The van der Waals surface area contributed by atoms with Gasteiger partial charge in [-0.1, -0.05) is 44.9 Å².